The van der Waals surface area contributed by atoms with Gasteiger partial charge in [0.05, 0.1) is 5.52 Å². The lowest BCUT2D eigenvalue weighted by atomic mass is 9.94. The van der Waals surface area contributed by atoms with Crippen LogP contribution in [0.2, 0.25) is 5.02 Å². The van der Waals surface area contributed by atoms with Gasteiger partial charge in [0.2, 0.25) is 5.91 Å². The Kier molecular flexibility index (Phi) is 6.00. The van der Waals surface area contributed by atoms with E-state index in [0.29, 0.717) is 43.1 Å². The van der Waals surface area contributed by atoms with Crippen molar-refractivity contribution in [1.82, 2.24) is 14.8 Å². The van der Waals surface area contributed by atoms with Crippen molar-refractivity contribution in [2.24, 2.45) is 5.92 Å². The van der Waals surface area contributed by atoms with E-state index < -0.39 is 0 Å². The van der Waals surface area contributed by atoms with Gasteiger partial charge in [0, 0.05) is 54.8 Å². The van der Waals surface area contributed by atoms with Gasteiger partial charge in [0.25, 0.3) is 5.91 Å². The second-order valence-electron chi connectivity index (χ2n) is 7.80. The highest BCUT2D eigenvalue weighted by molar-refractivity contribution is 6.30. The standard InChI is InChI=1S/C24H24ClN3O2/c1-27(16-17-7-8-22-19(14-17)5-3-11-26-22)23(29)18-9-12-28(13-10-18)24(30)20-4-2-6-21(25)15-20/h2-8,11,14-15,18H,9-10,12-13,16H2,1H3. The fourth-order valence-corrected chi connectivity index (χ4v) is 4.21. The monoisotopic (exact) mass is 421 g/mol. The Morgan fingerprint density at radius 3 is 2.67 bits per heavy atom. The summed E-state index contributed by atoms with van der Waals surface area (Å²) in [4.78, 5) is 33.6. The summed E-state index contributed by atoms with van der Waals surface area (Å²) in [6, 6.07) is 17.0. The molecule has 2 aromatic carbocycles. The van der Waals surface area contributed by atoms with Gasteiger partial charge in [-0.05, 0) is 54.8 Å². The van der Waals surface area contributed by atoms with Gasteiger partial charge in [-0.25, -0.2) is 0 Å². The molecule has 6 heteroatoms. The minimum atomic E-state index is -0.0551. The van der Waals surface area contributed by atoms with Gasteiger partial charge in [-0.1, -0.05) is 29.8 Å². The fourth-order valence-electron chi connectivity index (χ4n) is 4.02. The molecule has 1 saturated heterocycles. The van der Waals surface area contributed by atoms with Crippen LogP contribution in [0.3, 0.4) is 0 Å². The topological polar surface area (TPSA) is 53.5 Å². The Morgan fingerprint density at radius 1 is 1.10 bits per heavy atom. The van der Waals surface area contributed by atoms with E-state index >= 15 is 0 Å². The van der Waals surface area contributed by atoms with E-state index in [1.165, 1.54) is 0 Å². The van der Waals surface area contributed by atoms with Gasteiger partial charge in [-0.15, -0.1) is 0 Å². The van der Waals surface area contributed by atoms with E-state index in [4.69, 9.17) is 11.6 Å². The second kappa shape index (κ2) is 8.84. The molecule has 0 spiro atoms. The average Bonchev–Trinajstić information content (AvgIpc) is 2.78. The summed E-state index contributed by atoms with van der Waals surface area (Å²) >= 11 is 6.00. The van der Waals surface area contributed by atoms with E-state index in [2.05, 4.69) is 11.1 Å². The molecule has 30 heavy (non-hydrogen) atoms. The number of carbonyl (C=O) groups is 2. The van der Waals surface area contributed by atoms with Gasteiger partial charge in [0.15, 0.2) is 0 Å². The number of fused-ring (bicyclic) bond motifs is 1. The molecule has 2 heterocycles. The number of rotatable bonds is 4. The molecule has 0 bridgehead atoms. The van der Waals surface area contributed by atoms with Crippen molar-refractivity contribution in [3.63, 3.8) is 0 Å². The molecule has 4 rings (SSSR count). The molecule has 1 aliphatic rings. The van der Waals surface area contributed by atoms with Crippen LogP contribution in [0.4, 0.5) is 0 Å². The molecule has 1 aromatic heterocycles. The third kappa shape index (κ3) is 4.46. The van der Waals surface area contributed by atoms with E-state index in [9.17, 15) is 9.59 Å². The third-order valence-electron chi connectivity index (χ3n) is 5.67. The zero-order valence-corrected chi connectivity index (χ0v) is 17.7. The van der Waals surface area contributed by atoms with Crippen LogP contribution in [0, 0.1) is 5.92 Å². The van der Waals surface area contributed by atoms with Crippen molar-refractivity contribution in [3.8, 4) is 0 Å². The Bertz CT molecular complexity index is 1080. The molecule has 154 valence electrons. The smallest absolute Gasteiger partial charge is 0.253 e. The summed E-state index contributed by atoms with van der Waals surface area (Å²) in [5, 5.41) is 1.63. The Hall–Kier alpha value is -2.92. The molecule has 0 aliphatic carbocycles. The van der Waals surface area contributed by atoms with Crippen LogP contribution in [0.1, 0.15) is 28.8 Å². The summed E-state index contributed by atoms with van der Waals surface area (Å²) in [7, 11) is 1.85. The molecular formula is C24H24ClN3O2. The van der Waals surface area contributed by atoms with Crippen LogP contribution in [0.5, 0.6) is 0 Å². The zero-order valence-electron chi connectivity index (χ0n) is 16.9. The van der Waals surface area contributed by atoms with E-state index in [0.717, 1.165) is 16.5 Å². The van der Waals surface area contributed by atoms with Gasteiger partial charge in [0.1, 0.15) is 0 Å². The lowest BCUT2D eigenvalue weighted by Crippen LogP contribution is -2.43. The number of hydrogen-bond donors (Lipinski definition) is 0. The number of halogens is 1. The first-order chi connectivity index (χ1) is 14.5. The molecule has 0 unspecified atom stereocenters. The van der Waals surface area contributed by atoms with Crippen LogP contribution < -0.4 is 0 Å². The third-order valence-corrected chi connectivity index (χ3v) is 5.90. The maximum absolute atomic E-state index is 12.9. The van der Waals surface area contributed by atoms with Gasteiger partial charge in [-0.2, -0.15) is 0 Å². The van der Waals surface area contributed by atoms with Crippen molar-refractivity contribution in [1.29, 1.82) is 0 Å². The summed E-state index contributed by atoms with van der Waals surface area (Å²) in [6.07, 6.45) is 3.13. The number of amides is 2. The summed E-state index contributed by atoms with van der Waals surface area (Å²) < 4.78 is 0. The average molecular weight is 422 g/mol. The molecule has 1 aliphatic heterocycles. The number of aromatic nitrogens is 1. The van der Waals surface area contributed by atoms with Crippen LogP contribution in [0.15, 0.2) is 60.8 Å². The normalized spacial score (nSPS) is 14.7. The quantitative estimate of drug-likeness (QED) is 0.627. The predicted octanol–water partition coefficient (Wildman–Crippen LogP) is 4.40. The highest BCUT2D eigenvalue weighted by Gasteiger charge is 2.29. The van der Waals surface area contributed by atoms with Gasteiger partial charge in [-0.3, -0.25) is 14.6 Å². The number of nitrogens with zero attached hydrogens (tertiary/aromatic N) is 3. The molecule has 0 saturated carbocycles. The highest BCUT2D eigenvalue weighted by Crippen LogP contribution is 2.23. The molecule has 0 N–H and O–H groups in total. The molecule has 3 aromatic rings. The first-order valence-corrected chi connectivity index (χ1v) is 10.5. The predicted molar refractivity (Wildman–Crippen MR) is 118 cm³/mol. The lowest BCUT2D eigenvalue weighted by Gasteiger charge is -2.33. The van der Waals surface area contributed by atoms with E-state index in [1.54, 1.807) is 35.4 Å². The molecule has 2 amide bonds. The van der Waals surface area contributed by atoms with Crippen LogP contribution >= 0.6 is 11.6 Å². The number of pyridine rings is 1. The van der Waals surface area contributed by atoms with Crippen molar-refractivity contribution in [3.05, 3.63) is 76.9 Å². The number of carbonyl (C=O) groups excluding carboxylic acids is 2. The molecule has 0 atom stereocenters. The molecule has 0 radical (unpaired) electrons. The van der Waals surface area contributed by atoms with Crippen molar-refractivity contribution < 1.29 is 9.59 Å². The summed E-state index contributed by atoms with van der Waals surface area (Å²) in [6.45, 7) is 1.72. The lowest BCUT2D eigenvalue weighted by molar-refractivity contribution is -0.136. The van der Waals surface area contributed by atoms with Crippen molar-refractivity contribution in [2.75, 3.05) is 20.1 Å². The molecule has 1 fully saturated rings. The van der Waals surface area contributed by atoms with Crippen LogP contribution in [0.25, 0.3) is 10.9 Å². The fraction of sp³-hybridized carbons (Fsp3) is 0.292. The number of piperidine rings is 1. The largest absolute Gasteiger partial charge is 0.341 e. The van der Waals surface area contributed by atoms with Crippen LogP contribution in [-0.2, 0) is 11.3 Å². The maximum atomic E-state index is 12.9. The Balaban J connectivity index is 1.34. The first-order valence-electron chi connectivity index (χ1n) is 10.1. The van der Waals surface area contributed by atoms with Gasteiger partial charge >= 0.3 is 0 Å². The minimum Gasteiger partial charge on any atom is -0.341 e. The Labute approximate surface area is 181 Å². The molecule has 5 nitrogen and oxygen atoms in total. The number of likely N-dealkylation sites (tertiary alicyclic amines) is 1. The Morgan fingerprint density at radius 2 is 1.90 bits per heavy atom. The second-order valence-corrected chi connectivity index (χ2v) is 8.24. The highest BCUT2D eigenvalue weighted by atomic mass is 35.5. The first kappa shape index (κ1) is 20.4. The van der Waals surface area contributed by atoms with Gasteiger partial charge < -0.3 is 9.80 Å². The summed E-state index contributed by atoms with van der Waals surface area (Å²) in [5.41, 5.74) is 2.63. The maximum Gasteiger partial charge on any atom is 0.253 e. The van der Waals surface area contributed by atoms with Crippen molar-refractivity contribution >= 4 is 34.3 Å². The van der Waals surface area contributed by atoms with E-state index in [-0.39, 0.29) is 17.7 Å². The molecular weight excluding hydrogens is 398 g/mol. The summed E-state index contributed by atoms with van der Waals surface area (Å²) in [5.74, 6) is 0.0539. The van der Waals surface area contributed by atoms with E-state index in [1.807, 2.05) is 36.2 Å². The van der Waals surface area contributed by atoms with Crippen molar-refractivity contribution in [2.45, 2.75) is 19.4 Å². The number of benzene rings is 2. The van der Waals surface area contributed by atoms with Crippen LogP contribution in [-0.4, -0.2) is 46.7 Å². The minimum absolute atomic E-state index is 0.0264. The number of hydrogen-bond acceptors (Lipinski definition) is 3. The SMILES string of the molecule is CN(Cc1ccc2ncccc2c1)C(=O)C1CCN(C(=O)c2cccc(Cl)c2)CC1. The zero-order chi connectivity index (χ0) is 21.1.